The Kier molecular flexibility index (Phi) is 2.52. The van der Waals surface area contributed by atoms with Crippen molar-refractivity contribution in [3.8, 4) is 5.69 Å². The Balaban J connectivity index is 2.59. The predicted octanol–water partition coefficient (Wildman–Crippen LogP) is 2.83. The maximum atomic E-state index is 5.88. The van der Waals surface area contributed by atoms with Crippen molar-refractivity contribution in [2.45, 2.75) is 13.8 Å². The van der Waals surface area contributed by atoms with Crippen molar-refractivity contribution in [2.75, 3.05) is 5.73 Å². The molecule has 0 atom stereocenters. The van der Waals surface area contributed by atoms with E-state index in [0.29, 0.717) is 0 Å². The quantitative estimate of drug-likeness (QED) is 0.862. The zero-order chi connectivity index (χ0) is 11.0. The van der Waals surface area contributed by atoms with Gasteiger partial charge in [0.1, 0.15) is 0 Å². The molecular weight excluding hydrogens is 254 g/mol. The van der Waals surface area contributed by atoms with E-state index >= 15 is 0 Å². The van der Waals surface area contributed by atoms with Gasteiger partial charge in [-0.25, -0.2) is 4.68 Å². The summed E-state index contributed by atoms with van der Waals surface area (Å²) in [5, 5.41) is 4.39. The summed E-state index contributed by atoms with van der Waals surface area (Å²) in [6, 6.07) is 7.98. The van der Waals surface area contributed by atoms with Crippen LogP contribution in [0.15, 0.2) is 28.7 Å². The lowest BCUT2D eigenvalue weighted by atomic mass is 10.3. The number of benzene rings is 1. The lowest BCUT2D eigenvalue weighted by Crippen LogP contribution is -1.99. The highest BCUT2D eigenvalue weighted by Crippen LogP contribution is 2.21. The highest BCUT2D eigenvalue weighted by atomic mass is 79.9. The number of aryl methyl sites for hydroxylation is 1. The van der Waals surface area contributed by atoms with E-state index in [1.54, 1.807) is 0 Å². The van der Waals surface area contributed by atoms with Crippen molar-refractivity contribution in [2.24, 2.45) is 0 Å². The maximum Gasteiger partial charge on any atom is 0.0830 e. The van der Waals surface area contributed by atoms with Crippen LogP contribution in [0.4, 0.5) is 5.69 Å². The Bertz CT molecular complexity index is 503. The Morgan fingerprint density at radius 1 is 1.33 bits per heavy atom. The number of nitrogen functional groups attached to an aromatic ring is 1. The lowest BCUT2D eigenvalue weighted by Gasteiger charge is -2.04. The molecule has 0 fully saturated rings. The number of nitrogens with two attached hydrogens (primary N) is 1. The normalized spacial score (nSPS) is 10.6. The molecule has 0 aliphatic heterocycles. The molecule has 1 aromatic heterocycles. The second-order valence-corrected chi connectivity index (χ2v) is 4.39. The summed E-state index contributed by atoms with van der Waals surface area (Å²) in [6.07, 6.45) is 0. The monoisotopic (exact) mass is 265 g/mol. The molecule has 2 N–H and O–H groups in total. The molecule has 0 unspecified atom stereocenters. The Morgan fingerprint density at radius 3 is 2.60 bits per heavy atom. The predicted molar refractivity (Wildman–Crippen MR) is 65.2 cm³/mol. The summed E-state index contributed by atoms with van der Waals surface area (Å²) >= 11 is 3.44. The molecule has 78 valence electrons. The van der Waals surface area contributed by atoms with E-state index in [4.69, 9.17) is 5.73 Å². The largest absolute Gasteiger partial charge is 0.396 e. The van der Waals surface area contributed by atoms with Crippen LogP contribution in [0.2, 0.25) is 0 Å². The Labute approximate surface area is 97.0 Å². The van der Waals surface area contributed by atoms with Crippen LogP contribution in [0.5, 0.6) is 0 Å². The third-order valence-corrected chi connectivity index (χ3v) is 2.89. The second kappa shape index (κ2) is 3.70. The number of hydrogen-bond acceptors (Lipinski definition) is 2. The molecular formula is C11H12BrN3. The molecule has 0 bridgehead atoms. The number of nitrogens with zero attached hydrogens (tertiary/aromatic N) is 2. The Morgan fingerprint density at radius 2 is 2.07 bits per heavy atom. The number of rotatable bonds is 1. The Hall–Kier alpha value is -1.29. The smallest absolute Gasteiger partial charge is 0.0830 e. The van der Waals surface area contributed by atoms with Crippen LogP contribution in [0.25, 0.3) is 5.69 Å². The van der Waals surface area contributed by atoms with Crippen LogP contribution in [-0.2, 0) is 0 Å². The topological polar surface area (TPSA) is 43.8 Å². The number of hydrogen-bond donors (Lipinski definition) is 1. The first-order chi connectivity index (χ1) is 7.09. The molecule has 15 heavy (non-hydrogen) atoms. The molecule has 2 aromatic rings. The van der Waals surface area contributed by atoms with Crippen LogP contribution in [0.1, 0.15) is 11.4 Å². The number of aromatic nitrogens is 2. The summed E-state index contributed by atoms with van der Waals surface area (Å²) in [5.74, 6) is 0. The molecule has 0 spiro atoms. The van der Waals surface area contributed by atoms with E-state index in [1.165, 1.54) is 0 Å². The van der Waals surface area contributed by atoms with Crippen LogP contribution >= 0.6 is 15.9 Å². The molecule has 4 heteroatoms. The zero-order valence-corrected chi connectivity index (χ0v) is 10.2. The minimum Gasteiger partial charge on any atom is -0.396 e. The van der Waals surface area contributed by atoms with Crippen molar-refractivity contribution >= 4 is 21.6 Å². The van der Waals surface area contributed by atoms with Crippen LogP contribution < -0.4 is 5.73 Å². The minimum absolute atomic E-state index is 0.759. The maximum absolute atomic E-state index is 5.88. The van der Waals surface area contributed by atoms with Gasteiger partial charge in [0.25, 0.3) is 0 Å². The van der Waals surface area contributed by atoms with Gasteiger partial charge in [-0.1, -0.05) is 22.0 Å². The molecule has 0 amide bonds. The van der Waals surface area contributed by atoms with Gasteiger partial charge in [0.2, 0.25) is 0 Å². The first kappa shape index (κ1) is 10.2. The molecule has 0 aliphatic rings. The van der Waals surface area contributed by atoms with E-state index in [-0.39, 0.29) is 0 Å². The first-order valence-electron chi connectivity index (χ1n) is 4.67. The molecule has 3 nitrogen and oxygen atoms in total. The van der Waals surface area contributed by atoms with Gasteiger partial charge in [0.05, 0.1) is 22.8 Å². The van der Waals surface area contributed by atoms with E-state index in [0.717, 1.165) is 27.2 Å². The molecule has 1 aromatic carbocycles. The van der Waals surface area contributed by atoms with Crippen molar-refractivity contribution in [3.63, 3.8) is 0 Å². The van der Waals surface area contributed by atoms with E-state index < -0.39 is 0 Å². The molecule has 0 saturated heterocycles. The molecule has 1 heterocycles. The first-order valence-corrected chi connectivity index (χ1v) is 5.46. The SMILES string of the molecule is Cc1nn(-c2cccc(Br)c2)c(C)c1N. The fourth-order valence-electron chi connectivity index (χ4n) is 1.51. The van der Waals surface area contributed by atoms with Crippen LogP contribution in [0, 0.1) is 13.8 Å². The van der Waals surface area contributed by atoms with Gasteiger partial charge in [-0.15, -0.1) is 0 Å². The molecule has 0 saturated carbocycles. The summed E-state index contributed by atoms with van der Waals surface area (Å²) in [7, 11) is 0. The summed E-state index contributed by atoms with van der Waals surface area (Å²) in [4.78, 5) is 0. The van der Waals surface area contributed by atoms with Crippen LogP contribution in [-0.4, -0.2) is 9.78 Å². The van der Waals surface area contributed by atoms with Crippen molar-refractivity contribution in [1.82, 2.24) is 9.78 Å². The second-order valence-electron chi connectivity index (χ2n) is 3.48. The van der Waals surface area contributed by atoms with E-state index in [1.807, 2.05) is 42.8 Å². The zero-order valence-electron chi connectivity index (χ0n) is 8.66. The highest BCUT2D eigenvalue weighted by molar-refractivity contribution is 9.10. The third-order valence-electron chi connectivity index (χ3n) is 2.40. The summed E-state index contributed by atoms with van der Waals surface area (Å²) in [6.45, 7) is 3.88. The minimum atomic E-state index is 0.759. The fraction of sp³-hybridized carbons (Fsp3) is 0.182. The average Bonchev–Trinajstić information content (AvgIpc) is 2.46. The van der Waals surface area contributed by atoms with Gasteiger partial charge >= 0.3 is 0 Å². The third kappa shape index (κ3) is 1.77. The average molecular weight is 266 g/mol. The van der Waals surface area contributed by atoms with Gasteiger partial charge in [0, 0.05) is 4.47 Å². The van der Waals surface area contributed by atoms with Crippen molar-refractivity contribution < 1.29 is 0 Å². The fourth-order valence-corrected chi connectivity index (χ4v) is 1.90. The molecule has 0 radical (unpaired) electrons. The van der Waals surface area contributed by atoms with Gasteiger partial charge in [-0.3, -0.25) is 0 Å². The van der Waals surface area contributed by atoms with Crippen molar-refractivity contribution in [1.29, 1.82) is 0 Å². The molecule has 2 rings (SSSR count). The van der Waals surface area contributed by atoms with Gasteiger partial charge in [-0.2, -0.15) is 5.10 Å². The van der Waals surface area contributed by atoms with Gasteiger partial charge in [-0.05, 0) is 32.0 Å². The summed E-state index contributed by atoms with van der Waals surface area (Å²) in [5.41, 5.74) is 9.50. The summed E-state index contributed by atoms with van der Waals surface area (Å²) < 4.78 is 2.89. The number of halogens is 1. The van der Waals surface area contributed by atoms with Crippen molar-refractivity contribution in [3.05, 3.63) is 40.1 Å². The van der Waals surface area contributed by atoms with Gasteiger partial charge in [0.15, 0.2) is 0 Å². The van der Waals surface area contributed by atoms with Gasteiger partial charge < -0.3 is 5.73 Å². The lowest BCUT2D eigenvalue weighted by molar-refractivity contribution is 0.833. The standard InChI is InChI=1S/C11H12BrN3/c1-7-11(13)8(2)15(14-7)10-5-3-4-9(12)6-10/h3-6H,13H2,1-2H3. The van der Waals surface area contributed by atoms with E-state index in [9.17, 15) is 0 Å². The highest BCUT2D eigenvalue weighted by Gasteiger charge is 2.09. The molecule has 0 aliphatic carbocycles. The van der Waals surface area contributed by atoms with Crippen LogP contribution in [0.3, 0.4) is 0 Å². The number of anilines is 1. The van der Waals surface area contributed by atoms with E-state index in [2.05, 4.69) is 21.0 Å².